The third kappa shape index (κ3) is 2.79. The summed E-state index contributed by atoms with van der Waals surface area (Å²) in [5.41, 5.74) is 5.30. The lowest BCUT2D eigenvalue weighted by Crippen LogP contribution is -2.42. The van der Waals surface area contributed by atoms with E-state index in [0.717, 1.165) is 24.3 Å². The lowest BCUT2D eigenvalue weighted by molar-refractivity contribution is 0.0955. The molecule has 0 unspecified atom stereocenters. The molecular weight excluding hydrogens is 348 g/mol. The number of fused-ring (bicyclic) bond motifs is 5. The van der Waals surface area contributed by atoms with Gasteiger partial charge in [-0.05, 0) is 79.5 Å². The molecule has 146 valence electrons. The summed E-state index contributed by atoms with van der Waals surface area (Å²) in [7, 11) is 1.91. The van der Waals surface area contributed by atoms with E-state index in [1.807, 2.05) is 37.8 Å². The van der Waals surface area contributed by atoms with Crippen LogP contribution in [-0.2, 0) is 13.5 Å². The Morgan fingerprint density at radius 1 is 1.25 bits per heavy atom. The fourth-order valence-corrected chi connectivity index (χ4v) is 6.19. The first-order chi connectivity index (χ1) is 13.5. The molecule has 3 aliphatic rings. The minimum atomic E-state index is 0.182. The summed E-state index contributed by atoms with van der Waals surface area (Å²) in [5, 5.41) is 23.1. The Morgan fingerprint density at radius 2 is 2.14 bits per heavy atom. The van der Waals surface area contributed by atoms with E-state index in [0.29, 0.717) is 17.6 Å². The maximum Gasteiger partial charge on any atom is 0.115 e. The molecule has 3 aliphatic carbocycles. The zero-order valence-electron chi connectivity index (χ0n) is 16.7. The summed E-state index contributed by atoms with van der Waals surface area (Å²) >= 11 is 0. The third-order valence-electron chi connectivity index (χ3n) is 7.56. The van der Waals surface area contributed by atoms with Gasteiger partial charge in [0.15, 0.2) is 0 Å². The van der Waals surface area contributed by atoms with Gasteiger partial charge in [0, 0.05) is 29.9 Å². The molecule has 2 aromatic rings. The van der Waals surface area contributed by atoms with Gasteiger partial charge in [0.1, 0.15) is 5.75 Å². The number of rotatable bonds is 2. The molecule has 28 heavy (non-hydrogen) atoms. The number of aryl methyl sites for hydroxylation is 2. The highest BCUT2D eigenvalue weighted by atomic mass is 16.3. The molecule has 4 atom stereocenters. The second-order valence-electron chi connectivity index (χ2n) is 9.03. The van der Waals surface area contributed by atoms with Gasteiger partial charge in [0.2, 0.25) is 0 Å². The number of phenols is 1. The quantitative estimate of drug-likeness (QED) is 0.621. The number of benzene rings is 1. The molecule has 0 amide bonds. The van der Waals surface area contributed by atoms with Crippen LogP contribution in [-0.4, -0.2) is 26.8 Å². The normalized spacial score (nSPS) is 33.1. The monoisotopic (exact) mass is 376 g/mol. The van der Waals surface area contributed by atoms with Gasteiger partial charge in [-0.25, -0.2) is 0 Å². The van der Waals surface area contributed by atoms with Crippen LogP contribution in [0.15, 0.2) is 40.8 Å². The first kappa shape index (κ1) is 17.7. The Balaban J connectivity index is 1.39. The number of nitrogens with zero attached hydrogens (tertiary/aromatic N) is 4. The standard InChI is InChI=1S/C23H28N4O/c1-23-10-9-19-18-6-4-17(28)11-16(18)3-5-20(19)21(23)7-8-22(23)26-24-12-15-13-25-27(2)14-15/h4,6,11-14,19-21,28H,3,5,7-10H2,1-2H3/b24-12-,26-22-/t19-,20-,21-,23-/m1/s1. The second kappa shape index (κ2) is 6.57. The first-order valence-corrected chi connectivity index (χ1v) is 10.5. The Bertz CT molecular complexity index is 959. The van der Waals surface area contributed by atoms with E-state index in [1.165, 1.54) is 42.5 Å². The summed E-state index contributed by atoms with van der Waals surface area (Å²) in [6, 6.07) is 6.02. The van der Waals surface area contributed by atoms with Crippen LogP contribution in [0.25, 0.3) is 0 Å². The van der Waals surface area contributed by atoms with Crippen LogP contribution in [0.4, 0.5) is 0 Å². The van der Waals surface area contributed by atoms with Gasteiger partial charge in [-0.2, -0.15) is 15.3 Å². The van der Waals surface area contributed by atoms with Crippen LogP contribution in [0.5, 0.6) is 5.75 Å². The van der Waals surface area contributed by atoms with Crippen molar-refractivity contribution in [3.05, 3.63) is 47.3 Å². The number of hydrogen-bond acceptors (Lipinski definition) is 4. The van der Waals surface area contributed by atoms with Crippen molar-refractivity contribution in [2.75, 3.05) is 0 Å². The van der Waals surface area contributed by atoms with Gasteiger partial charge in [0.25, 0.3) is 0 Å². The van der Waals surface area contributed by atoms with Gasteiger partial charge >= 0.3 is 0 Å². The van der Waals surface area contributed by atoms with Gasteiger partial charge in [-0.3, -0.25) is 4.68 Å². The molecule has 1 aromatic heterocycles. The molecule has 2 saturated carbocycles. The number of phenolic OH excluding ortho intramolecular Hbond substituents is 1. The van der Waals surface area contributed by atoms with Crippen molar-refractivity contribution in [2.45, 2.75) is 51.4 Å². The number of aromatic nitrogens is 2. The molecule has 1 N–H and O–H groups in total. The Labute approximate surface area is 166 Å². The highest BCUT2D eigenvalue weighted by Crippen LogP contribution is 2.60. The number of hydrogen-bond donors (Lipinski definition) is 1. The molecule has 0 bridgehead atoms. The maximum atomic E-state index is 9.84. The second-order valence-corrected chi connectivity index (χ2v) is 9.03. The van der Waals surface area contributed by atoms with Gasteiger partial charge < -0.3 is 5.11 Å². The summed E-state index contributed by atoms with van der Waals surface area (Å²) in [4.78, 5) is 0. The molecule has 2 fully saturated rings. The highest BCUT2D eigenvalue weighted by molar-refractivity contribution is 5.93. The van der Waals surface area contributed by atoms with E-state index in [-0.39, 0.29) is 5.41 Å². The molecule has 0 aliphatic heterocycles. The van der Waals surface area contributed by atoms with Crippen molar-refractivity contribution in [3.63, 3.8) is 0 Å². The first-order valence-electron chi connectivity index (χ1n) is 10.5. The largest absolute Gasteiger partial charge is 0.508 e. The number of aromatic hydroxyl groups is 1. The van der Waals surface area contributed by atoms with E-state index in [2.05, 4.69) is 23.2 Å². The predicted molar refractivity (Wildman–Crippen MR) is 111 cm³/mol. The lowest BCUT2D eigenvalue weighted by Gasteiger charge is -2.49. The smallest absolute Gasteiger partial charge is 0.115 e. The zero-order valence-corrected chi connectivity index (χ0v) is 16.7. The SMILES string of the molecule is Cn1cc(/C=N\N=C2\CC[C@@H]3[C@@H]4CCc5cc(O)ccc5[C@H]4CC[C@@]23C)cn1. The van der Waals surface area contributed by atoms with Crippen LogP contribution in [0, 0.1) is 17.3 Å². The minimum absolute atomic E-state index is 0.182. The van der Waals surface area contributed by atoms with Gasteiger partial charge in [-0.15, -0.1) is 0 Å². The Morgan fingerprint density at radius 3 is 2.96 bits per heavy atom. The summed E-state index contributed by atoms with van der Waals surface area (Å²) < 4.78 is 1.78. The van der Waals surface area contributed by atoms with E-state index >= 15 is 0 Å². The molecule has 1 heterocycles. The van der Waals surface area contributed by atoms with E-state index in [1.54, 1.807) is 4.68 Å². The summed E-state index contributed by atoms with van der Waals surface area (Å²) in [5.74, 6) is 2.46. The maximum absolute atomic E-state index is 9.84. The Hall–Kier alpha value is -2.43. The molecule has 0 spiro atoms. The molecule has 0 radical (unpaired) electrons. The zero-order chi connectivity index (χ0) is 19.3. The Kier molecular flexibility index (Phi) is 4.14. The summed E-state index contributed by atoms with van der Waals surface area (Å²) in [6.45, 7) is 2.42. The van der Waals surface area contributed by atoms with Crippen LogP contribution >= 0.6 is 0 Å². The molecule has 5 nitrogen and oxygen atoms in total. The van der Waals surface area contributed by atoms with E-state index in [9.17, 15) is 5.11 Å². The van der Waals surface area contributed by atoms with E-state index in [4.69, 9.17) is 5.10 Å². The molecule has 1 aromatic carbocycles. The van der Waals surface area contributed by atoms with E-state index < -0.39 is 0 Å². The van der Waals surface area contributed by atoms with Crippen molar-refractivity contribution in [1.29, 1.82) is 0 Å². The fraction of sp³-hybridized carbons (Fsp3) is 0.522. The van der Waals surface area contributed by atoms with Crippen LogP contribution in [0.1, 0.15) is 61.6 Å². The van der Waals surface area contributed by atoms with Gasteiger partial charge in [0.05, 0.1) is 12.4 Å². The lowest BCUT2D eigenvalue weighted by atomic mass is 9.55. The third-order valence-corrected chi connectivity index (χ3v) is 7.56. The molecule has 5 heteroatoms. The topological polar surface area (TPSA) is 62.8 Å². The molecule has 0 saturated heterocycles. The van der Waals surface area contributed by atoms with Crippen molar-refractivity contribution >= 4 is 11.9 Å². The van der Waals surface area contributed by atoms with Crippen LogP contribution in [0.3, 0.4) is 0 Å². The fourth-order valence-electron chi connectivity index (χ4n) is 6.19. The van der Waals surface area contributed by atoms with Crippen molar-refractivity contribution < 1.29 is 5.11 Å². The van der Waals surface area contributed by atoms with Crippen LogP contribution < -0.4 is 0 Å². The summed E-state index contributed by atoms with van der Waals surface area (Å²) in [6.07, 6.45) is 12.6. The molecule has 5 rings (SSSR count). The minimum Gasteiger partial charge on any atom is -0.508 e. The van der Waals surface area contributed by atoms with Crippen LogP contribution in [0.2, 0.25) is 0 Å². The van der Waals surface area contributed by atoms with Crippen molar-refractivity contribution in [1.82, 2.24) is 9.78 Å². The molecular formula is C23H28N4O. The van der Waals surface area contributed by atoms with Gasteiger partial charge in [-0.1, -0.05) is 13.0 Å². The van der Waals surface area contributed by atoms with Crippen molar-refractivity contribution in [2.24, 2.45) is 34.5 Å². The predicted octanol–water partition coefficient (Wildman–Crippen LogP) is 4.46. The average molecular weight is 377 g/mol. The average Bonchev–Trinajstić information content (AvgIpc) is 3.24. The van der Waals surface area contributed by atoms with Crippen molar-refractivity contribution in [3.8, 4) is 5.75 Å². The highest BCUT2D eigenvalue weighted by Gasteiger charge is 2.53.